The van der Waals surface area contributed by atoms with Crippen LogP contribution >= 0.6 is 15.9 Å². The third kappa shape index (κ3) is 3.84. The first-order valence-electron chi connectivity index (χ1n) is 6.45. The number of halogens is 1. The summed E-state index contributed by atoms with van der Waals surface area (Å²) in [7, 11) is 0. The Labute approximate surface area is 127 Å². The molecule has 0 heterocycles. The monoisotopic (exact) mass is 333 g/mol. The average molecular weight is 334 g/mol. The van der Waals surface area contributed by atoms with Gasteiger partial charge in [-0.2, -0.15) is 0 Å². The van der Waals surface area contributed by atoms with Gasteiger partial charge in [0.05, 0.1) is 6.61 Å². The molecule has 0 aliphatic heterocycles. The molecule has 0 unspecified atom stereocenters. The molecule has 0 fully saturated rings. The van der Waals surface area contributed by atoms with Crippen molar-refractivity contribution in [1.82, 2.24) is 5.32 Å². The van der Waals surface area contributed by atoms with Crippen LogP contribution in [0.1, 0.15) is 22.8 Å². The van der Waals surface area contributed by atoms with Crippen LogP contribution in [0.5, 0.6) is 5.75 Å². The molecule has 0 spiro atoms. The summed E-state index contributed by atoms with van der Waals surface area (Å²) >= 11 is 3.35. The number of hydrogen-bond acceptors (Lipinski definition) is 2. The topological polar surface area (TPSA) is 38.3 Å². The third-order valence-corrected chi connectivity index (χ3v) is 3.35. The molecule has 1 amide bonds. The predicted octanol–water partition coefficient (Wildman–Crippen LogP) is 3.78. The van der Waals surface area contributed by atoms with Crippen molar-refractivity contribution < 1.29 is 9.53 Å². The summed E-state index contributed by atoms with van der Waals surface area (Å²) in [5, 5.41) is 2.90. The van der Waals surface area contributed by atoms with Crippen LogP contribution in [-0.2, 0) is 6.54 Å². The highest BCUT2D eigenvalue weighted by molar-refractivity contribution is 9.10. The zero-order valence-corrected chi connectivity index (χ0v) is 12.8. The van der Waals surface area contributed by atoms with E-state index < -0.39 is 0 Å². The fourth-order valence-electron chi connectivity index (χ4n) is 1.83. The molecule has 1 N–H and O–H groups in total. The van der Waals surface area contributed by atoms with Crippen molar-refractivity contribution in [2.75, 3.05) is 6.61 Å². The molecule has 2 aromatic rings. The Kier molecular flexibility index (Phi) is 5.18. The zero-order chi connectivity index (χ0) is 14.4. The quantitative estimate of drug-likeness (QED) is 0.904. The van der Waals surface area contributed by atoms with Gasteiger partial charge in [-0.15, -0.1) is 0 Å². The van der Waals surface area contributed by atoms with Crippen LogP contribution in [0.15, 0.2) is 53.0 Å². The smallest absolute Gasteiger partial charge is 0.251 e. The molecule has 0 aliphatic rings. The van der Waals surface area contributed by atoms with Gasteiger partial charge in [-0.1, -0.05) is 34.1 Å². The van der Waals surface area contributed by atoms with Gasteiger partial charge in [0.15, 0.2) is 0 Å². The summed E-state index contributed by atoms with van der Waals surface area (Å²) < 4.78 is 6.49. The number of carbonyl (C=O) groups excluding carboxylic acids is 1. The van der Waals surface area contributed by atoms with Crippen LogP contribution in [0.3, 0.4) is 0 Å². The van der Waals surface area contributed by atoms with Crippen molar-refractivity contribution in [2.45, 2.75) is 13.5 Å². The van der Waals surface area contributed by atoms with Crippen molar-refractivity contribution in [2.24, 2.45) is 0 Å². The van der Waals surface area contributed by atoms with Crippen LogP contribution < -0.4 is 10.1 Å². The van der Waals surface area contributed by atoms with Crippen molar-refractivity contribution in [3.63, 3.8) is 0 Å². The first-order valence-corrected chi connectivity index (χ1v) is 7.24. The summed E-state index contributed by atoms with van der Waals surface area (Å²) in [4.78, 5) is 12.0. The standard InChI is InChI=1S/C16H16BrNO2/c1-2-20-15-6-4-3-5-13(15)11-18-16(19)12-7-9-14(17)10-8-12/h3-10H,2,11H2,1H3,(H,18,19). The molecule has 0 radical (unpaired) electrons. The van der Waals surface area contributed by atoms with Crippen molar-refractivity contribution in [3.05, 3.63) is 64.1 Å². The SMILES string of the molecule is CCOc1ccccc1CNC(=O)c1ccc(Br)cc1. The second-order valence-electron chi connectivity index (χ2n) is 4.23. The number of carbonyl (C=O) groups is 1. The molecule has 2 rings (SSSR count). The third-order valence-electron chi connectivity index (χ3n) is 2.82. The normalized spacial score (nSPS) is 10.1. The van der Waals surface area contributed by atoms with Gasteiger partial charge in [-0.05, 0) is 37.3 Å². The zero-order valence-electron chi connectivity index (χ0n) is 11.2. The Morgan fingerprint density at radius 2 is 1.85 bits per heavy atom. The highest BCUT2D eigenvalue weighted by atomic mass is 79.9. The van der Waals surface area contributed by atoms with Gasteiger partial charge in [0.2, 0.25) is 0 Å². The number of nitrogens with one attached hydrogen (secondary N) is 1. The number of hydrogen-bond donors (Lipinski definition) is 1. The Bertz CT molecular complexity index is 581. The molecule has 104 valence electrons. The Morgan fingerprint density at radius 3 is 2.55 bits per heavy atom. The summed E-state index contributed by atoms with van der Waals surface area (Å²) in [5.41, 5.74) is 1.61. The lowest BCUT2D eigenvalue weighted by Gasteiger charge is -2.11. The van der Waals surface area contributed by atoms with Gasteiger partial charge >= 0.3 is 0 Å². The van der Waals surface area contributed by atoms with Gasteiger partial charge in [0, 0.05) is 22.1 Å². The molecular formula is C16H16BrNO2. The molecule has 0 saturated heterocycles. The maximum atomic E-state index is 12.0. The first-order chi connectivity index (χ1) is 9.70. The molecular weight excluding hydrogens is 318 g/mol. The van der Waals surface area contributed by atoms with Crippen LogP contribution in [-0.4, -0.2) is 12.5 Å². The molecule has 20 heavy (non-hydrogen) atoms. The molecule has 0 bridgehead atoms. The molecule has 2 aromatic carbocycles. The predicted molar refractivity (Wildman–Crippen MR) is 82.9 cm³/mol. The van der Waals surface area contributed by atoms with Crippen LogP contribution in [0.2, 0.25) is 0 Å². The summed E-state index contributed by atoms with van der Waals surface area (Å²) in [5.74, 6) is 0.718. The van der Waals surface area contributed by atoms with Gasteiger partial charge in [-0.25, -0.2) is 0 Å². The van der Waals surface area contributed by atoms with E-state index in [-0.39, 0.29) is 5.91 Å². The summed E-state index contributed by atoms with van der Waals surface area (Å²) in [6.07, 6.45) is 0. The highest BCUT2D eigenvalue weighted by Gasteiger charge is 2.07. The van der Waals surface area contributed by atoms with Crippen LogP contribution in [0.4, 0.5) is 0 Å². The van der Waals surface area contributed by atoms with Crippen molar-refractivity contribution in [1.29, 1.82) is 0 Å². The van der Waals surface area contributed by atoms with E-state index in [2.05, 4.69) is 21.2 Å². The fraction of sp³-hybridized carbons (Fsp3) is 0.188. The van der Waals surface area contributed by atoms with E-state index in [1.165, 1.54) is 0 Å². The second kappa shape index (κ2) is 7.10. The van der Waals surface area contributed by atoms with E-state index in [1.807, 2.05) is 43.3 Å². The van der Waals surface area contributed by atoms with E-state index in [1.54, 1.807) is 12.1 Å². The number of ether oxygens (including phenoxy) is 1. The van der Waals surface area contributed by atoms with E-state index in [4.69, 9.17) is 4.74 Å². The molecule has 3 nitrogen and oxygen atoms in total. The van der Waals surface area contributed by atoms with Gasteiger partial charge in [0.1, 0.15) is 5.75 Å². The van der Waals surface area contributed by atoms with E-state index >= 15 is 0 Å². The van der Waals surface area contributed by atoms with E-state index in [0.29, 0.717) is 18.7 Å². The Morgan fingerprint density at radius 1 is 1.15 bits per heavy atom. The molecule has 0 saturated carbocycles. The molecule has 0 aliphatic carbocycles. The minimum atomic E-state index is -0.0937. The second-order valence-corrected chi connectivity index (χ2v) is 5.15. The van der Waals surface area contributed by atoms with Crippen LogP contribution in [0, 0.1) is 0 Å². The van der Waals surface area contributed by atoms with Crippen LogP contribution in [0.25, 0.3) is 0 Å². The number of benzene rings is 2. The Balaban J connectivity index is 2.01. The largest absolute Gasteiger partial charge is 0.494 e. The highest BCUT2D eigenvalue weighted by Crippen LogP contribution is 2.18. The van der Waals surface area contributed by atoms with Crippen molar-refractivity contribution in [3.8, 4) is 5.75 Å². The summed E-state index contributed by atoms with van der Waals surface area (Å²) in [6, 6.07) is 15.0. The molecule has 0 atom stereocenters. The maximum Gasteiger partial charge on any atom is 0.251 e. The lowest BCUT2D eigenvalue weighted by molar-refractivity contribution is 0.0950. The molecule has 0 aromatic heterocycles. The average Bonchev–Trinajstić information content (AvgIpc) is 2.47. The minimum absolute atomic E-state index is 0.0937. The molecule has 4 heteroatoms. The lowest BCUT2D eigenvalue weighted by atomic mass is 10.2. The van der Waals surface area contributed by atoms with Crippen molar-refractivity contribution >= 4 is 21.8 Å². The van der Waals surface area contributed by atoms with Gasteiger partial charge < -0.3 is 10.1 Å². The summed E-state index contributed by atoms with van der Waals surface area (Å²) in [6.45, 7) is 3.00. The number of rotatable bonds is 5. The Hall–Kier alpha value is -1.81. The lowest BCUT2D eigenvalue weighted by Crippen LogP contribution is -2.23. The number of para-hydroxylation sites is 1. The van der Waals surface area contributed by atoms with E-state index in [0.717, 1.165) is 15.8 Å². The van der Waals surface area contributed by atoms with Gasteiger partial charge in [0.25, 0.3) is 5.91 Å². The number of amides is 1. The van der Waals surface area contributed by atoms with Gasteiger partial charge in [-0.3, -0.25) is 4.79 Å². The minimum Gasteiger partial charge on any atom is -0.494 e. The van der Waals surface area contributed by atoms with E-state index in [9.17, 15) is 4.79 Å². The first kappa shape index (κ1) is 14.6. The maximum absolute atomic E-state index is 12.0. The fourth-order valence-corrected chi connectivity index (χ4v) is 2.09.